The molecule has 1 saturated heterocycles. The second-order valence-corrected chi connectivity index (χ2v) is 7.15. The number of likely N-dealkylation sites (tertiary alicyclic amines) is 1. The van der Waals surface area contributed by atoms with Gasteiger partial charge in [-0.15, -0.1) is 0 Å². The van der Waals surface area contributed by atoms with E-state index in [0.717, 1.165) is 30.4 Å². The van der Waals surface area contributed by atoms with E-state index >= 15 is 0 Å². The van der Waals surface area contributed by atoms with E-state index in [-0.39, 0.29) is 29.7 Å². The van der Waals surface area contributed by atoms with E-state index in [9.17, 15) is 18.4 Å². The molecule has 2 amide bonds. The Morgan fingerprint density at radius 3 is 2.68 bits per heavy atom. The summed E-state index contributed by atoms with van der Waals surface area (Å²) in [6, 6.07) is 4.59. The lowest BCUT2D eigenvalue weighted by Crippen LogP contribution is -2.47. The van der Waals surface area contributed by atoms with Gasteiger partial charge < -0.3 is 19.7 Å². The quantitative estimate of drug-likeness (QED) is 0.772. The third-order valence-electron chi connectivity index (χ3n) is 5.35. The smallest absolute Gasteiger partial charge is 0.387 e. The fourth-order valence-corrected chi connectivity index (χ4v) is 3.94. The van der Waals surface area contributed by atoms with E-state index in [1.807, 2.05) is 0 Å². The number of piperidine rings is 1. The molecule has 1 fully saturated rings. The van der Waals surface area contributed by atoms with E-state index in [0.29, 0.717) is 32.5 Å². The van der Waals surface area contributed by atoms with Crippen molar-refractivity contribution in [3.63, 3.8) is 0 Å². The summed E-state index contributed by atoms with van der Waals surface area (Å²) < 4.78 is 34.4. The Hall–Kier alpha value is -2.38. The van der Waals surface area contributed by atoms with E-state index in [2.05, 4.69) is 10.1 Å². The van der Waals surface area contributed by atoms with Gasteiger partial charge in [0.15, 0.2) is 0 Å². The van der Waals surface area contributed by atoms with Crippen molar-refractivity contribution in [2.24, 2.45) is 5.92 Å². The Balaban J connectivity index is 1.58. The number of nitrogens with one attached hydrogen (secondary N) is 1. The van der Waals surface area contributed by atoms with Gasteiger partial charge in [0, 0.05) is 13.1 Å². The van der Waals surface area contributed by atoms with Crippen LogP contribution in [0.4, 0.5) is 13.6 Å². The lowest BCUT2D eigenvalue weighted by Gasteiger charge is -2.33. The molecule has 1 heterocycles. The lowest BCUT2D eigenvalue weighted by atomic mass is 9.87. The van der Waals surface area contributed by atoms with Gasteiger partial charge in [-0.3, -0.25) is 4.79 Å². The fraction of sp³-hybridized carbons (Fsp3) is 0.600. The van der Waals surface area contributed by atoms with Crippen LogP contribution >= 0.6 is 0 Å². The normalized spacial score (nSPS) is 19.9. The maximum absolute atomic E-state index is 12.7. The Kier molecular flexibility index (Phi) is 6.70. The largest absolute Gasteiger partial charge is 0.466 e. The van der Waals surface area contributed by atoms with E-state index in [1.165, 1.54) is 6.07 Å². The molecule has 8 heteroatoms. The van der Waals surface area contributed by atoms with E-state index in [1.54, 1.807) is 24.0 Å². The van der Waals surface area contributed by atoms with Crippen LogP contribution in [0.15, 0.2) is 18.2 Å². The van der Waals surface area contributed by atoms with Crippen LogP contribution in [0.2, 0.25) is 0 Å². The van der Waals surface area contributed by atoms with Crippen LogP contribution < -0.4 is 10.1 Å². The van der Waals surface area contributed by atoms with Gasteiger partial charge >= 0.3 is 18.6 Å². The summed E-state index contributed by atoms with van der Waals surface area (Å²) in [5.41, 5.74) is 1.87. The third kappa shape index (κ3) is 4.91. The number of rotatable bonds is 5. The predicted octanol–water partition coefficient (Wildman–Crippen LogP) is 3.65. The number of carbonyl (C=O) groups is 2. The molecule has 6 nitrogen and oxygen atoms in total. The number of hydrogen-bond donors (Lipinski definition) is 1. The number of carbonyl (C=O) groups excluding carboxylic acids is 2. The Morgan fingerprint density at radius 2 is 2.00 bits per heavy atom. The first-order chi connectivity index (χ1) is 13.5. The zero-order valence-corrected chi connectivity index (χ0v) is 16.0. The van der Waals surface area contributed by atoms with Gasteiger partial charge in [-0.1, -0.05) is 6.07 Å². The SMILES string of the molecule is CCOC(=O)C1CCN(C(=O)NC2CCCc3cc(OC(F)F)ccc32)CC1. The number of hydrogen-bond acceptors (Lipinski definition) is 4. The number of fused-ring (bicyclic) bond motifs is 1. The van der Waals surface area contributed by atoms with Crippen molar-refractivity contribution in [3.8, 4) is 5.75 Å². The minimum Gasteiger partial charge on any atom is -0.466 e. The topological polar surface area (TPSA) is 67.9 Å². The molecule has 1 atom stereocenters. The molecule has 2 aliphatic rings. The molecule has 28 heavy (non-hydrogen) atoms. The number of alkyl halides is 2. The number of esters is 1. The molecule has 1 N–H and O–H groups in total. The first-order valence-electron chi connectivity index (χ1n) is 9.77. The highest BCUT2D eigenvalue weighted by molar-refractivity contribution is 5.76. The molecule has 0 aromatic heterocycles. The van der Waals surface area contributed by atoms with Crippen LogP contribution in [0.3, 0.4) is 0 Å². The van der Waals surface area contributed by atoms with Gasteiger partial charge in [0.25, 0.3) is 0 Å². The fourth-order valence-electron chi connectivity index (χ4n) is 3.94. The van der Waals surface area contributed by atoms with Crippen LogP contribution in [0.5, 0.6) is 5.75 Å². The first-order valence-corrected chi connectivity index (χ1v) is 9.77. The average Bonchev–Trinajstić information content (AvgIpc) is 2.68. The molecule has 3 rings (SSSR count). The number of urea groups is 1. The van der Waals surface area contributed by atoms with Crippen molar-refractivity contribution in [2.45, 2.75) is 51.7 Å². The van der Waals surface area contributed by atoms with E-state index < -0.39 is 6.61 Å². The van der Waals surface area contributed by atoms with Gasteiger partial charge in [-0.2, -0.15) is 8.78 Å². The molecular weight excluding hydrogens is 370 g/mol. The third-order valence-corrected chi connectivity index (χ3v) is 5.35. The molecule has 0 radical (unpaired) electrons. The summed E-state index contributed by atoms with van der Waals surface area (Å²) in [5.74, 6) is -0.194. The second kappa shape index (κ2) is 9.21. The monoisotopic (exact) mass is 396 g/mol. The summed E-state index contributed by atoms with van der Waals surface area (Å²) in [6.07, 6.45) is 3.63. The number of halogens is 2. The molecule has 0 spiro atoms. The Morgan fingerprint density at radius 1 is 1.25 bits per heavy atom. The summed E-state index contributed by atoms with van der Waals surface area (Å²) in [6.45, 7) is 0.316. The number of aryl methyl sites for hydroxylation is 1. The molecular formula is C20H26F2N2O4. The van der Waals surface area contributed by atoms with Gasteiger partial charge in [0.05, 0.1) is 18.6 Å². The van der Waals surface area contributed by atoms with Crippen molar-refractivity contribution in [3.05, 3.63) is 29.3 Å². The highest BCUT2D eigenvalue weighted by Crippen LogP contribution is 2.33. The van der Waals surface area contributed by atoms with Gasteiger partial charge in [-0.25, -0.2) is 4.79 Å². The summed E-state index contributed by atoms with van der Waals surface area (Å²) in [4.78, 5) is 26.2. The number of ether oxygens (including phenoxy) is 2. The highest BCUT2D eigenvalue weighted by Gasteiger charge is 2.30. The number of nitrogens with zero attached hydrogens (tertiary/aromatic N) is 1. The zero-order valence-electron chi connectivity index (χ0n) is 16.0. The Bertz CT molecular complexity index is 705. The second-order valence-electron chi connectivity index (χ2n) is 7.15. The standard InChI is InChI=1S/C20H26F2N2O4/c1-2-27-18(25)13-8-10-24(11-9-13)20(26)23-17-5-3-4-14-12-15(28-19(21)22)6-7-16(14)17/h6-7,12-13,17,19H,2-5,8-11H2,1H3,(H,23,26). The lowest BCUT2D eigenvalue weighted by molar-refractivity contribution is -0.149. The molecule has 0 bridgehead atoms. The molecule has 1 unspecified atom stereocenters. The van der Waals surface area contributed by atoms with Crippen LogP contribution in [-0.4, -0.2) is 43.2 Å². The minimum absolute atomic E-state index is 0.141. The molecule has 1 aromatic carbocycles. The molecule has 1 aliphatic carbocycles. The maximum atomic E-state index is 12.7. The van der Waals surface area contributed by atoms with Crippen molar-refractivity contribution in [1.82, 2.24) is 10.2 Å². The summed E-state index contributed by atoms with van der Waals surface area (Å²) in [7, 11) is 0. The van der Waals surface area contributed by atoms with Crippen molar-refractivity contribution < 1.29 is 27.8 Å². The zero-order chi connectivity index (χ0) is 20.1. The predicted molar refractivity (Wildman–Crippen MR) is 98.2 cm³/mol. The van der Waals surface area contributed by atoms with Gasteiger partial charge in [0.1, 0.15) is 5.75 Å². The summed E-state index contributed by atoms with van der Waals surface area (Å²) >= 11 is 0. The molecule has 154 valence electrons. The number of amides is 2. The molecule has 1 aliphatic heterocycles. The van der Waals surface area contributed by atoms with Crippen LogP contribution in [-0.2, 0) is 16.0 Å². The van der Waals surface area contributed by atoms with Crippen LogP contribution in [0, 0.1) is 5.92 Å². The van der Waals surface area contributed by atoms with Gasteiger partial charge in [-0.05, 0) is 62.3 Å². The van der Waals surface area contributed by atoms with E-state index in [4.69, 9.17) is 4.74 Å². The highest BCUT2D eigenvalue weighted by atomic mass is 19.3. The van der Waals surface area contributed by atoms with Crippen LogP contribution in [0.1, 0.15) is 49.8 Å². The average molecular weight is 396 g/mol. The van der Waals surface area contributed by atoms with Crippen LogP contribution in [0.25, 0.3) is 0 Å². The number of benzene rings is 1. The Labute approximate surface area is 163 Å². The minimum atomic E-state index is -2.85. The maximum Gasteiger partial charge on any atom is 0.387 e. The first kappa shape index (κ1) is 20.4. The molecule has 0 saturated carbocycles. The van der Waals surface area contributed by atoms with Gasteiger partial charge in [0.2, 0.25) is 0 Å². The van der Waals surface area contributed by atoms with Crippen molar-refractivity contribution in [1.29, 1.82) is 0 Å². The summed E-state index contributed by atoms with van der Waals surface area (Å²) in [5, 5.41) is 3.06. The van der Waals surface area contributed by atoms with Crippen molar-refractivity contribution >= 4 is 12.0 Å². The molecule has 1 aromatic rings. The van der Waals surface area contributed by atoms with Crippen molar-refractivity contribution in [2.75, 3.05) is 19.7 Å².